The van der Waals surface area contributed by atoms with Crippen LogP contribution >= 0.6 is 0 Å². The van der Waals surface area contributed by atoms with Crippen LogP contribution in [0.25, 0.3) is 0 Å². The van der Waals surface area contributed by atoms with Gasteiger partial charge in [0, 0.05) is 6.04 Å². The van der Waals surface area contributed by atoms with Crippen LogP contribution in [-0.4, -0.2) is 12.6 Å². The minimum absolute atomic E-state index is 0.740. The van der Waals surface area contributed by atoms with Crippen molar-refractivity contribution in [2.24, 2.45) is 11.8 Å². The molecule has 2 atom stereocenters. The molecule has 0 amide bonds. The van der Waals surface area contributed by atoms with E-state index in [0.29, 0.717) is 0 Å². The minimum Gasteiger partial charge on any atom is -0.314 e. The number of hydrogen-bond acceptors (Lipinski definition) is 1. The van der Waals surface area contributed by atoms with E-state index in [4.69, 9.17) is 0 Å². The number of hydrogen-bond donors (Lipinski definition) is 1. The predicted octanol–water partition coefficient (Wildman–Crippen LogP) is 3.59. The molecule has 0 heterocycles. The highest BCUT2D eigenvalue weighted by molar-refractivity contribution is 4.76. The molecule has 1 N–H and O–H groups in total. The van der Waals surface area contributed by atoms with Gasteiger partial charge in [0.1, 0.15) is 0 Å². The van der Waals surface area contributed by atoms with Crippen molar-refractivity contribution < 1.29 is 0 Å². The zero-order chi connectivity index (χ0) is 10.4. The third-order valence-corrected chi connectivity index (χ3v) is 3.84. The zero-order valence-corrected chi connectivity index (χ0v) is 10.2. The Bertz CT molecular complexity index is 138. The average Bonchev–Trinajstić information content (AvgIpc) is 2.26. The molecule has 0 bridgehead atoms. The van der Waals surface area contributed by atoms with E-state index >= 15 is 0 Å². The Morgan fingerprint density at radius 1 is 1.14 bits per heavy atom. The first-order chi connectivity index (χ1) is 6.74. The molecule has 84 valence electrons. The van der Waals surface area contributed by atoms with Gasteiger partial charge < -0.3 is 5.32 Å². The van der Waals surface area contributed by atoms with Crippen molar-refractivity contribution in [2.75, 3.05) is 6.54 Å². The average molecular weight is 197 g/mol. The van der Waals surface area contributed by atoms with Gasteiger partial charge in [0.05, 0.1) is 0 Å². The summed E-state index contributed by atoms with van der Waals surface area (Å²) in [5.74, 6) is 1.79. The van der Waals surface area contributed by atoms with Crippen LogP contribution in [0.5, 0.6) is 0 Å². The lowest BCUT2D eigenvalue weighted by molar-refractivity contribution is 0.273. The molecule has 1 saturated carbocycles. The molecule has 1 nitrogen and oxygen atoms in total. The third-order valence-electron chi connectivity index (χ3n) is 3.84. The maximum atomic E-state index is 3.70. The smallest absolute Gasteiger partial charge is 0.00671 e. The van der Waals surface area contributed by atoms with E-state index in [0.717, 1.165) is 17.9 Å². The summed E-state index contributed by atoms with van der Waals surface area (Å²) < 4.78 is 0. The van der Waals surface area contributed by atoms with E-state index in [2.05, 4.69) is 26.1 Å². The molecular weight excluding hydrogens is 170 g/mol. The molecule has 1 rings (SSSR count). The van der Waals surface area contributed by atoms with Crippen molar-refractivity contribution in [3.05, 3.63) is 0 Å². The Morgan fingerprint density at radius 3 is 2.36 bits per heavy atom. The molecule has 2 unspecified atom stereocenters. The molecule has 1 aliphatic rings. The third kappa shape index (κ3) is 4.00. The van der Waals surface area contributed by atoms with E-state index in [-0.39, 0.29) is 0 Å². The molecule has 1 heteroatoms. The summed E-state index contributed by atoms with van der Waals surface area (Å²) >= 11 is 0. The fourth-order valence-corrected chi connectivity index (χ4v) is 2.33. The van der Waals surface area contributed by atoms with Gasteiger partial charge in [-0.2, -0.15) is 0 Å². The minimum atomic E-state index is 0.740. The van der Waals surface area contributed by atoms with E-state index in [9.17, 15) is 0 Å². The van der Waals surface area contributed by atoms with Gasteiger partial charge in [-0.25, -0.2) is 0 Å². The van der Waals surface area contributed by atoms with Gasteiger partial charge in [0.15, 0.2) is 0 Å². The summed E-state index contributed by atoms with van der Waals surface area (Å²) in [7, 11) is 0. The normalized spacial score (nSPS) is 23.4. The summed E-state index contributed by atoms with van der Waals surface area (Å²) in [6.45, 7) is 8.19. The molecule has 0 radical (unpaired) electrons. The lowest BCUT2D eigenvalue weighted by Gasteiger charge is -2.29. The highest BCUT2D eigenvalue weighted by Gasteiger charge is 2.19. The van der Waals surface area contributed by atoms with Crippen LogP contribution in [0.1, 0.15) is 59.3 Å². The molecule has 1 aliphatic carbocycles. The highest BCUT2D eigenvalue weighted by atomic mass is 14.9. The van der Waals surface area contributed by atoms with Crippen LogP contribution in [0.2, 0.25) is 0 Å². The van der Waals surface area contributed by atoms with Crippen LogP contribution < -0.4 is 5.32 Å². The van der Waals surface area contributed by atoms with Crippen molar-refractivity contribution in [3.8, 4) is 0 Å². The zero-order valence-electron chi connectivity index (χ0n) is 10.2. The van der Waals surface area contributed by atoms with Gasteiger partial charge in [-0.15, -0.1) is 0 Å². The molecule has 14 heavy (non-hydrogen) atoms. The summed E-state index contributed by atoms with van der Waals surface area (Å²) in [5, 5.41) is 3.70. The molecule has 0 aromatic carbocycles. The first kappa shape index (κ1) is 12.0. The van der Waals surface area contributed by atoms with E-state index in [1.807, 2.05) is 0 Å². The Hall–Kier alpha value is -0.0400. The Kier molecular flexibility index (Phi) is 5.54. The maximum absolute atomic E-state index is 3.70. The van der Waals surface area contributed by atoms with Crippen molar-refractivity contribution in [1.29, 1.82) is 0 Å². The molecule has 0 aliphatic heterocycles. The summed E-state index contributed by atoms with van der Waals surface area (Å²) in [5.41, 5.74) is 0. The van der Waals surface area contributed by atoms with Crippen molar-refractivity contribution in [2.45, 2.75) is 65.3 Å². The van der Waals surface area contributed by atoms with E-state index in [1.165, 1.54) is 45.1 Å². The predicted molar refractivity (Wildman–Crippen MR) is 63.5 cm³/mol. The molecular formula is C13H27N. The van der Waals surface area contributed by atoms with Crippen LogP contribution in [0.3, 0.4) is 0 Å². The molecule has 0 spiro atoms. The second kappa shape index (κ2) is 6.44. The fourth-order valence-electron chi connectivity index (χ4n) is 2.33. The number of nitrogens with one attached hydrogen (secondary N) is 1. The largest absolute Gasteiger partial charge is 0.314 e. The summed E-state index contributed by atoms with van der Waals surface area (Å²) in [6.07, 6.45) is 8.59. The molecule has 0 aromatic heterocycles. The Labute approximate surface area is 89.7 Å². The first-order valence-electron chi connectivity index (χ1n) is 6.47. The topological polar surface area (TPSA) is 12.0 Å². The fraction of sp³-hybridized carbons (Fsp3) is 1.00. The van der Waals surface area contributed by atoms with Crippen molar-refractivity contribution in [3.63, 3.8) is 0 Å². The van der Waals surface area contributed by atoms with Crippen LogP contribution in [-0.2, 0) is 0 Å². The van der Waals surface area contributed by atoms with Crippen LogP contribution in [0.4, 0.5) is 0 Å². The second-order valence-corrected chi connectivity index (χ2v) is 5.11. The van der Waals surface area contributed by atoms with Gasteiger partial charge in [0.25, 0.3) is 0 Å². The lowest BCUT2D eigenvalue weighted by atomic mass is 9.84. The number of rotatable bonds is 5. The molecule has 0 saturated heterocycles. The van der Waals surface area contributed by atoms with Gasteiger partial charge >= 0.3 is 0 Å². The highest BCUT2D eigenvalue weighted by Crippen LogP contribution is 2.26. The maximum Gasteiger partial charge on any atom is 0.00671 e. The molecule has 1 fully saturated rings. The van der Waals surface area contributed by atoms with E-state index in [1.54, 1.807) is 0 Å². The lowest BCUT2D eigenvalue weighted by Crippen LogP contribution is -2.37. The summed E-state index contributed by atoms with van der Waals surface area (Å²) in [6, 6.07) is 0.740. The first-order valence-corrected chi connectivity index (χ1v) is 6.47. The summed E-state index contributed by atoms with van der Waals surface area (Å²) in [4.78, 5) is 0. The Balaban J connectivity index is 2.16. The van der Waals surface area contributed by atoms with Crippen molar-refractivity contribution >= 4 is 0 Å². The Morgan fingerprint density at radius 2 is 1.79 bits per heavy atom. The molecule has 0 aromatic rings. The quantitative estimate of drug-likeness (QED) is 0.710. The van der Waals surface area contributed by atoms with Crippen LogP contribution in [0.15, 0.2) is 0 Å². The SMILES string of the molecule is CCC(C)CNC(C)C1CCCCC1. The van der Waals surface area contributed by atoms with Gasteiger partial charge in [0.2, 0.25) is 0 Å². The van der Waals surface area contributed by atoms with Crippen LogP contribution in [0, 0.1) is 11.8 Å². The van der Waals surface area contributed by atoms with E-state index < -0.39 is 0 Å². The van der Waals surface area contributed by atoms with Gasteiger partial charge in [-0.05, 0) is 38.1 Å². The second-order valence-electron chi connectivity index (χ2n) is 5.11. The van der Waals surface area contributed by atoms with Gasteiger partial charge in [-0.3, -0.25) is 0 Å². The van der Waals surface area contributed by atoms with Gasteiger partial charge in [-0.1, -0.05) is 39.5 Å². The standard InChI is InChI=1S/C13H27N/c1-4-11(2)10-14-12(3)13-8-6-5-7-9-13/h11-14H,4-10H2,1-3H3. The van der Waals surface area contributed by atoms with Crippen molar-refractivity contribution in [1.82, 2.24) is 5.32 Å². The monoisotopic (exact) mass is 197 g/mol.